The van der Waals surface area contributed by atoms with Crippen LogP contribution in [0, 0.1) is 5.92 Å². The van der Waals surface area contributed by atoms with Gasteiger partial charge in [-0.2, -0.15) is 4.31 Å². The van der Waals surface area contributed by atoms with Crippen LogP contribution in [-0.2, 0) is 16.4 Å². The summed E-state index contributed by atoms with van der Waals surface area (Å²) < 4.78 is 45.5. The van der Waals surface area contributed by atoms with Gasteiger partial charge < -0.3 is 29.7 Å². The molecule has 0 aromatic heterocycles. The second-order valence-corrected chi connectivity index (χ2v) is 12.1. The summed E-state index contributed by atoms with van der Waals surface area (Å²) in [4.78, 5) is 11.5. The number of nitrogens with one attached hydrogen (secondary N) is 1. The average Bonchev–Trinajstić information content (AvgIpc) is 3.32. The molecule has 0 saturated heterocycles. The molecule has 0 unspecified atom stereocenters. The summed E-state index contributed by atoms with van der Waals surface area (Å²) >= 11 is 2.28. The summed E-state index contributed by atoms with van der Waals surface area (Å²) in [5, 5.41) is 22.8. The maximum absolute atomic E-state index is 13.5. The van der Waals surface area contributed by atoms with Gasteiger partial charge in [0.15, 0.2) is 11.5 Å². The number of sulfonamides is 1. The third-order valence-corrected chi connectivity index (χ3v) is 8.23. The zero-order valence-corrected chi connectivity index (χ0v) is 23.8. The monoisotopic (exact) mass is 648 g/mol. The molecule has 1 heterocycles. The Hall–Kier alpha value is -2.29. The molecule has 10 nitrogen and oxygen atoms in total. The number of nitrogens with zero attached hydrogens (tertiary/aromatic N) is 1. The van der Waals surface area contributed by atoms with Gasteiger partial charge in [0.1, 0.15) is 5.75 Å². The fourth-order valence-corrected chi connectivity index (χ4v) is 5.81. The van der Waals surface area contributed by atoms with Crippen LogP contribution in [0.4, 0.5) is 4.79 Å². The maximum Gasteiger partial charge on any atom is 0.404 e. The molecule has 0 spiro atoms. The van der Waals surface area contributed by atoms with Crippen molar-refractivity contribution in [2.75, 3.05) is 30.9 Å². The molecule has 0 aliphatic carbocycles. The Kier molecular flexibility index (Phi) is 10.7. The molecule has 1 amide bonds. The SMILES string of the molecule is CC(C)CN(C[C@@H](O)[C@H](Cc1ccc(OCCCI)cc1)NC(=O)O)S(=O)(=O)c1ccc2c(c1)OCO2. The standard InChI is InChI=1S/C25H33IN2O8S/c1-17(2)14-28(37(32,33)20-8-9-23-24(13-20)36-16-35-23)15-22(29)21(27-25(30)31)12-18-4-6-19(7-5-18)34-11-3-10-26/h4-9,13,17,21-22,27,29H,3,10-12,14-16H2,1-2H3,(H,30,31)/t21-,22+/m0/s1. The van der Waals surface area contributed by atoms with Gasteiger partial charge in [0, 0.05) is 23.6 Å². The molecular formula is C25H33IN2O8S. The summed E-state index contributed by atoms with van der Waals surface area (Å²) in [6.45, 7) is 4.19. The Morgan fingerprint density at radius 2 is 1.84 bits per heavy atom. The highest BCUT2D eigenvalue weighted by atomic mass is 127. The van der Waals surface area contributed by atoms with Crippen molar-refractivity contribution in [2.24, 2.45) is 5.92 Å². The third-order valence-electron chi connectivity index (χ3n) is 5.64. The number of alkyl halides is 1. The van der Waals surface area contributed by atoms with E-state index in [2.05, 4.69) is 27.9 Å². The Balaban J connectivity index is 1.77. The number of fused-ring (bicyclic) bond motifs is 1. The average molecular weight is 649 g/mol. The third kappa shape index (κ3) is 8.35. The van der Waals surface area contributed by atoms with Crippen molar-refractivity contribution < 1.29 is 37.6 Å². The summed E-state index contributed by atoms with van der Waals surface area (Å²) in [6, 6.07) is 10.6. The summed E-state index contributed by atoms with van der Waals surface area (Å²) in [5.74, 6) is 1.45. The van der Waals surface area contributed by atoms with Crippen molar-refractivity contribution in [1.82, 2.24) is 9.62 Å². The fraction of sp³-hybridized carbons (Fsp3) is 0.480. The molecule has 3 rings (SSSR count). The number of benzene rings is 2. The van der Waals surface area contributed by atoms with E-state index in [9.17, 15) is 23.4 Å². The fourth-order valence-electron chi connectivity index (χ4n) is 3.86. The molecule has 0 saturated carbocycles. The van der Waals surface area contributed by atoms with Crippen LogP contribution in [0.25, 0.3) is 0 Å². The van der Waals surface area contributed by atoms with Crippen molar-refractivity contribution in [2.45, 2.75) is 43.7 Å². The zero-order valence-electron chi connectivity index (χ0n) is 20.8. The van der Waals surface area contributed by atoms with E-state index in [4.69, 9.17) is 14.2 Å². The lowest BCUT2D eigenvalue weighted by Gasteiger charge is -2.30. The van der Waals surface area contributed by atoms with Gasteiger partial charge in [0.25, 0.3) is 0 Å². The number of halogens is 1. The van der Waals surface area contributed by atoms with Gasteiger partial charge in [-0.15, -0.1) is 0 Å². The molecule has 0 fully saturated rings. The highest BCUT2D eigenvalue weighted by Gasteiger charge is 2.32. The van der Waals surface area contributed by atoms with E-state index in [-0.39, 0.29) is 37.1 Å². The number of ether oxygens (including phenoxy) is 3. The number of aliphatic hydroxyl groups excluding tert-OH is 1. The van der Waals surface area contributed by atoms with Gasteiger partial charge in [-0.3, -0.25) is 0 Å². The molecule has 2 aromatic carbocycles. The maximum atomic E-state index is 13.5. The summed E-state index contributed by atoms with van der Waals surface area (Å²) in [6.07, 6.45) is -1.52. The molecule has 0 radical (unpaired) electrons. The molecule has 204 valence electrons. The molecule has 12 heteroatoms. The van der Waals surface area contributed by atoms with Crippen LogP contribution in [-0.4, -0.2) is 72.1 Å². The Bertz CT molecular complexity index is 1140. The first-order valence-electron chi connectivity index (χ1n) is 11.9. The minimum absolute atomic E-state index is 0.00509. The van der Waals surface area contributed by atoms with Gasteiger partial charge in [0.05, 0.1) is 23.6 Å². The van der Waals surface area contributed by atoms with E-state index in [0.717, 1.165) is 16.4 Å². The summed E-state index contributed by atoms with van der Waals surface area (Å²) in [7, 11) is -4.02. The van der Waals surface area contributed by atoms with E-state index in [1.54, 1.807) is 24.3 Å². The van der Waals surface area contributed by atoms with Crippen molar-refractivity contribution in [3.8, 4) is 17.2 Å². The van der Waals surface area contributed by atoms with Crippen LogP contribution in [0.2, 0.25) is 0 Å². The van der Waals surface area contributed by atoms with E-state index >= 15 is 0 Å². The van der Waals surface area contributed by atoms with Crippen LogP contribution < -0.4 is 19.5 Å². The highest BCUT2D eigenvalue weighted by Crippen LogP contribution is 2.35. The molecule has 0 bridgehead atoms. The molecule has 3 N–H and O–H groups in total. The smallest absolute Gasteiger partial charge is 0.404 e. The molecule has 2 aromatic rings. The number of amides is 1. The second kappa shape index (κ2) is 13.5. The van der Waals surface area contributed by atoms with Crippen LogP contribution in [0.5, 0.6) is 17.2 Å². The highest BCUT2D eigenvalue weighted by molar-refractivity contribution is 14.1. The topological polar surface area (TPSA) is 135 Å². The van der Waals surface area contributed by atoms with Gasteiger partial charge in [0.2, 0.25) is 16.8 Å². The lowest BCUT2D eigenvalue weighted by atomic mass is 10.0. The number of carboxylic acid groups (broad SMARTS) is 1. The molecular weight excluding hydrogens is 615 g/mol. The minimum atomic E-state index is -4.02. The lowest BCUT2D eigenvalue weighted by Crippen LogP contribution is -2.50. The molecule has 1 aliphatic heterocycles. The normalized spacial score (nSPS) is 14.5. The number of hydrogen-bond donors (Lipinski definition) is 3. The van der Waals surface area contributed by atoms with Crippen molar-refractivity contribution in [1.29, 1.82) is 0 Å². The second-order valence-electron chi connectivity index (χ2n) is 9.09. The first-order chi connectivity index (χ1) is 17.6. The van der Waals surface area contributed by atoms with Crippen LogP contribution in [0.3, 0.4) is 0 Å². The van der Waals surface area contributed by atoms with Crippen molar-refractivity contribution in [3.05, 3.63) is 48.0 Å². The van der Waals surface area contributed by atoms with Crippen LogP contribution in [0.15, 0.2) is 47.4 Å². The van der Waals surface area contributed by atoms with Crippen LogP contribution in [0.1, 0.15) is 25.8 Å². The minimum Gasteiger partial charge on any atom is -0.494 e. The Labute approximate surface area is 231 Å². The molecule has 37 heavy (non-hydrogen) atoms. The van der Waals surface area contributed by atoms with E-state index in [0.29, 0.717) is 23.9 Å². The van der Waals surface area contributed by atoms with E-state index in [1.807, 2.05) is 13.8 Å². The number of aliphatic hydroxyl groups is 1. The first kappa shape index (κ1) is 29.3. The van der Waals surface area contributed by atoms with Crippen molar-refractivity contribution >= 4 is 38.7 Å². The quantitative estimate of drug-likeness (QED) is 0.161. The molecule has 2 atom stereocenters. The number of hydrogen-bond acceptors (Lipinski definition) is 7. The summed E-state index contributed by atoms with van der Waals surface area (Å²) in [5.41, 5.74) is 0.771. The zero-order chi connectivity index (χ0) is 27.0. The lowest BCUT2D eigenvalue weighted by molar-refractivity contribution is 0.0980. The van der Waals surface area contributed by atoms with Crippen LogP contribution >= 0.6 is 22.6 Å². The first-order valence-corrected chi connectivity index (χ1v) is 14.9. The van der Waals surface area contributed by atoms with E-state index < -0.39 is 28.3 Å². The van der Waals surface area contributed by atoms with Gasteiger partial charge in [-0.25, -0.2) is 13.2 Å². The number of carbonyl (C=O) groups is 1. The molecule has 1 aliphatic rings. The van der Waals surface area contributed by atoms with Gasteiger partial charge >= 0.3 is 6.09 Å². The Morgan fingerprint density at radius 1 is 1.14 bits per heavy atom. The Morgan fingerprint density at radius 3 is 2.49 bits per heavy atom. The largest absolute Gasteiger partial charge is 0.494 e. The van der Waals surface area contributed by atoms with E-state index in [1.165, 1.54) is 22.5 Å². The van der Waals surface area contributed by atoms with Gasteiger partial charge in [-0.05, 0) is 48.6 Å². The van der Waals surface area contributed by atoms with Crippen molar-refractivity contribution in [3.63, 3.8) is 0 Å². The number of rotatable bonds is 14. The van der Waals surface area contributed by atoms with Gasteiger partial charge in [-0.1, -0.05) is 48.6 Å². The predicted octanol–water partition coefficient (Wildman–Crippen LogP) is 3.51. The predicted molar refractivity (Wildman–Crippen MR) is 146 cm³/mol.